The normalized spacial score (nSPS) is 8.93. The molecule has 2 heteroatoms. The van der Waals surface area contributed by atoms with E-state index in [-0.39, 0.29) is 0 Å². The molecule has 15 heavy (non-hydrogen) atoms. The molecule has 0 radical (unpaired) electrons. The van der Waals surface area contributed by atoms with Gasteiger partial charge in [-0.2, -0.15) is 0 Å². The van der Waals surface area contributed by atoms with Crippen LogP contribution in [-0.4, -0.2) is 18.5 Å². The third-order valence-electron chi connectivity index (χ3n) is 1.60. The van der Waals surface area contributed by atoms with Gasteiger partial charge in [0.1, 0.15) is 0 Å². The quantitative estimate of drug-likeness (QED) is 0.668. The van der Waals surface area contributed by atoms with Crippen LogP contribution < -0.4 is 0 Å². The Labute approximate surface area is 96.0 Å². The Kier molecular flexibility index (Phi) is 20.3. The van der Waals surface area contributed by atoms with Crippen molar-refractivity contribution in [2.24, 2.45) is 4.99 Å². The van der Waals surface area contributed by atoms with Crippen LogP contribution in [0.3, 0.4) is 0 Å². The van der Waals surface area contributed by atoms with Crippen molar-refractivity contribution in [1.82, 2.24) is 0 Å². The molecule has 90 valence electrons. The minimum atomic E-state index is 0.745. The molecule has 0 amide bonds. The highest BCUT2D eigenvalue weighted by Gasteiger charge is 1.97. The van der Waals surface area contributed by atoms with E-state index in [1.54, 1.807) is 0 Å². The Bertz CT molecular complexity index is 197. The summed E-state index contributed by atoms with van der Waals surface area (Å²) in [5.41, 5.74) is 3.13. The van der Waals surface area contributed by atoms with Crippen LogP contribution in [0, 0.1) is 5.41 Å². The maximum absolute atomic E-state index is 7.10. The van der Waals surface area contributed by atoms with Crippen molar-refractivity contribution in [3.05, 3.63) is 11.1 Å². The smallest absolute Gasteiger partial charge is 0.0778 e. The molecule has 0 atom stereocenters. The first-order chi connectivity index (χ1) is 7.13. The predicted octanol–water partition coefficient (Wildman–Crippen LogP) is 4.51. The first-order valence-electron chi connectivity index (χ1n) is 5.82. The molecule has 0 heterocycles. The number of nitrogens with zero attached hydrogens (tertiary/aromatic N) is 1. The highest BCUT2D eigenvalue weighted by Crippen LogP contribution is 2.03. The van der Waals surface area contributed by atoms with Crippen LogP contribution >= 0.6 is 0 Å². The number of hydrogen-bond donors (Lipinski definition) is 1. The molecule has 0 fully saturated rings. The van der Waals surface area contributed by atoms with E-state index in [1.165, 1.54) is 11.8 Å². The molecule has 0 aliphatic heterocycles. The van der Waals surface area contributed by atoms with E-state index in [9.17, 15) is 0 Å². The summed E-state index contributed by atoms with van der Waals surface area (Å²) < 4.78 is 0. The van der Waals surface area contributed by atoms with Gasteiger partial charge in [-0.1, -0.05) is 33.3 Å². The van der Waals surface area contributed by atoms with E-state index in [0.29, 0.717) is 0 Å². The Morgan fingerprint density at radius 1 is 1.07 bits per heavy atom. The number of hydrogen-bond acceptors (Lipinski definition) is 2. The monoisotopic (exact) mass is 212 g/mol. The highest BCUT2D eigenvalue weighted by atomic mass is 14.7. The fourth-order valence-corrected chi connectivity index (χ4v) is 0.699. The molecule has 1 N–H and O–H groups in total. The Morgan fingerprint density at radius 2 is 1.47 bits per heavy atom. The SMILES string of the molecule is CC.CC.CCN=C(C=N)C(C)=C(C)C. The van der Waals surface area contributed by atoms with Gasteiger partial charge in [0.05, 0.1) is 5.71 Å². The number of aliphatic imine (C=N–C) groups is 1. The lowest BCUT2D eigenvalue weighted by Gasteiger charge is -2.01. The summed E-state index contributed by atoms with van der Waals surface area (Å²) in [6.45, 7) is 16.8. The maximum atomic E-state index is 7.10. The van der Waals surface area contributed by atoms with Gasteiger partial charge in [0, 0.05) is 12.8 Å². The van der Waals surface area contributed by atoms with E-state index < -0.39 is 0 Å². The van der Waals surface area contributed by atoms with Crippen molar-refractivity contribution >= 4 is 11.9 Å². The summed E-state index contributed by atoms with van der Waals surface area (Å²) in [6.07, 6.45) is 1.31. The fourth-order valence-electron chi connectivity index (χ4n) is 0.699. The van der Waals surface area contributed by atoms with Crippen LogP contribution in [0.5, 0.6) is 0 Å². The number of nitrogens with one attached hydrogen (secondary N) is 1. The molecule has 0 saturated heterocycles. The van der Waals surface area contributed by atoms with Gasteiger partial charge < -0.3 is 5.41 Å². The zero-order chi connectivity index (χ0) is 12.9. The van der Waals surface area contributed by atoms with Gasteiger partial charge >= 0.3 is 0 Å². The molecule has 0 rings (SSSR count). The standard InChI is InChI=1S/C9H16N2.2C2H6/c1-5-11-9(6-10)8(4)7(2)3;2*1-2/h6,10H,5H2,1-4H3;2*1-2H3. The second-order valence-corrected chi connectivity index (χ2v) is 2.63. The lowest BCUT2D eigenvalue weighted by molar-refractivity contribution is 1.13. The molecule has 0 unspecified atom stereocenters. The van der Waals surface area contributed by atoms with Crippen LogP contribution in [0.1, 0.15) is 55.4 Å². The molecular formula is C13H28N2. The second-order valence-electron chi connectivity index (χ2n) is 2.63. The lowest BCUT2D eigenvalue weighted by Crippen LogP contribution is -2.03. The van der Waals surface area contributed by atoms with Gasteiger partial charge in [-0.3, -0.25) is 4.99 Å². The average Bonchev–Trinajstić information content (AvgIpc) is 2.30. The van der Waals surface area contributed by atoms with E-state index in [2.05, 4.69) is 4.99 Å². The topological polar surface area (TPSA) is 36.2 Å². The van der Waals surface area contributed by atoms with Gasteiger partial charge in [-0.05, 0) is 33.3 Å². The molecule has 0 aliphatic carbocycles. The van der Waals surface area contributed by atoms with Crippen molar-refractivity contribution in [3.63, 3.8) is 0 Å². The summed E-state index contributed by atoms with van der Waals surface area (Å²) in [5.74, 6) is 0. The predicted molar refractivity (Wildman–Crippen MR) is 73.5 cm³/mol. The van der Waals surface area contributed by atoms with E-state index in [4.69, 9.17) is 5.41 Å². The average molecular weight is 212 g/mol. The maximum Gasteiger partial charge on any atom is 0.0778 e. The number of allylic oxidation sites excluding steroid dienone is 2. The summed E-state index contributed by atoms with van der Waals surface area (Å²) in [4.78, 5) is 4.18. The van der Waals surface area contributed by atoms with Gasteiger partial charge in [0.25, 0.3) is 0 Å². The Balaban J connectivity index is -0.000000318. The van der Waals surface area contributed by atoms with Gasteiger partial charge in [0.15, 0.2) is 0 Å². The zero-order valence-corrected chi connectivity index (χ0v) is 11.7. The molecule has 0 aromatic carbocycles. The van der Waals surface area contributed by atoms with E-state index >= 15 is 0 Å². The third kappa shape index (κ3) is 11.0. The Morgan fingerprint density at radius 3 is 1.67 bits per heavy atom. The van der Waals surface area contributed by atoms with E-state index in [1.807, 2.05) is 55.4 Å². The van der Waals surface area contributed by atoms with Gasteiger partial charge in [-0.15, -0.1) is 0 Å². The fraction of sp³-hybridized carbons (Fsp3) is 0.692. The summed E-state index contributed by atoms with van der Waals surface area (Å²) in [7, 11) is 0. The first-order valence-corrected chi connectivity index (χ1v) is 5.82. The van der Waals surface area contributed by atoms with Crippen molar-refractivity contribution in [2.45, 2.75) is 55.4 Å². The molecule has 0 aliphatic rings. The molecule has 0 aromatic rings. The molecular weight excluding hydrogens is 184 g/mol. The first kappa shape index (κ1) is 19.6. The minimum Gasteiger partial charge on any atom is -0.307 e. The molecule has 0 saturated carbocycles. The highest BCUT2D eigenvalue weighted by molar-refractivity contribution is 6.37. The Hall–Kier alpha value is -0.920. The summed E-state index contributed by atoms with van der Waals surface area (Å²) in [5, 5.41) is 7.10. The van der Waals surface area contributed by atoms with Crippen molar-refractivity contribution in [1.29, 1.82) is 5.41 Å². The van der Waals surface area contributed by atoms with Crippen molar-refractivity contribution in [2.75, 3.05) is 6.54 Å². The largest absolute Gasteiger partial charge is 0.307 e. The molecule has 0 spiro atoms. The zero-order valence-electron chi connectivity index (χ0n) is 11.7. The van der Waals surface area contributed by atoms with Gasteiger partial charge in [0.2, 0.25) is 0 Å². The minimum absolute atomic E-state index is 0.745. The molecule has 0 aromatic heterocycles. The number of rotatable bonds is 3. The van der Waals surface area contributed by atoms with Crippen LogP contribution in [0.15, 0.2) is 16.1 Å². The lowest BCUT2D eigenvalue weighted by atomic mass is 10.1. The van der Waals surface area contributed by atoms with Crippen molar-refractivity contribution < 1.29 is 0 Å². The molecule has 0 bridgehead atoms. The third-order valence-corrected chi connectivity index (χ3v) is 1.60. The molecule has 2 nitrogen and oxygen atoms in total. The van der Waals surface area contributed by atoms with E-state index in [0.717, 1.165) is 17.8 Å². The summed E-state index contributed by atoms with van der Waals surface area (Å²) >= 11 is 0. The van der Waals surface area contributed by atoms with Crippen molar-refractivity contribution in [3.8, 4) is 0 Å². The van der Waals surface area contributed by atoms with Crippen LogP contribution in [-0.2, 0) is 0 Å². The summed E-state index contributed by atoms with van der Waals surface area (Å²) in [6, 6.07) is 0. The van der Waals surface area contributed by atoms with Crippen LogP contribution in [0.25, 0.3) is 0 Å². The van der Waals surface area contributed by atoms with Gasteiger partial charge in [-0.25, -0.2) is 0 Å². The van der Waals surface area contributed by atoms with Crippen LogP contribution in [0.4, 0.5) is 0 Å². The second kappa shape index (κ2) is 15.5. The van der Waals surface area contributed by atoms with Crippen LogP contribution in [0.2, 0.25) is 0 Å².